The molecule has 0 radical (unpaired) electrons. The maximum Gasteiger partial charge on any atom is 0.426 e. The summed E-state index contributed by atoms with van der Waals surface area (Å²) in [6, 6.07) is 3.35. The van der Waals surface area contributed by atoms with Crippen LogP contribution in [0.5, 0.6) is 0 Å². The first-order valence-electron chi connectivity index (χ1n) is 8.22. The van der Waals surface area contributed by atoms with Gasteiger partial charge in [0, 0.05) is 24.4 Å². The number of fused-ring (bicyclic) bond motifs is 1. The summed E-state index contributed by atoms with van der Waals surface area (Å²) in [6.45, 7) is 1.90. The number of hydrogen-bond acceptors (Lipinski definition) is 9. The van der Waals surface area contributed by atoms with Gasteiger partial charge in [0.05, 0.1) is 17.2 Å². The molecular formula is C17H18N4O4S2. The van der Waals surface area contributed by atoms with E-state index >= 15 is 0 Å². The van der Waals surface area contributed by atoms with Crippen LogP contribution in [0.15, 0.2) is 23.9 Å². The lowest BCUT2D eigenvalue weighted by Crippen LogP contribution is -2.21. The second kappa shape index (κ2) is 7.97. The summed E-state index contributed by atoms with van der Waals surface area (Å²) in [7, 11) is 1.74. The smallest absolute Gasteiger partial charge is 0.426 e. The molecule has 2 N–H and O–H groups in total. The summed E-state index contributed by atoms with van der Waals surface area (Å²) in [4.78, 5) is 33.5. The van der Waals surface area contributed by atoms with Gasteiger partial charge in [-0.25, -0.2) is 14.8 Å². The number of aromatic nitrogens is 2. The fraction of sp³-hybridized carbons (Fsp3) is 0.294. The number of aliphatic hydroxyl groups is 1. The van der Waals surface area contributed by atoms with Crippen LogP contribution >= 0.6 is 24.2 Å². The first kappa shape index (κ1) is 19.2. The molecule has 0 bridgehead atoms. The zero-order chi connectivity index (χ0) is 19.6. The van der Waals surface area contributed by atoms with E-state index in [4.69, 9.17) is 4.74 Å². The number of aliphatic hydroxyl groups excluding tert-OH is 1. The maximum atomic E-state index is 12.8. The molecule has 0 aliphatic heterocycles. The normalized spacial score (nSPS) is 13.1. The average Bonchev–Trinajstić information content (AvgIpc) is 3.12. The number of carbonyl (C=O) groups excluding carboxylic acids is 2. The van der Waals surface area contributed by atoms with Gasteiger partial charge in [0.25, 0.3) is 0 Å². The Morgan fingerprint density at radius 2 is 2.19 bits per heavy atom. The van der Waals surface area contributed by atoms with E-state index in [9.17, 15) is 14.7 Å². The highest BCUT2D eigenvalue weighted by Gasteiger charge is 2.29. The Bertz CT molecular complexity index is 908. The van der Waals surface area contributed by atoms with E-state index in [1.54, 1.807) is 26.1 Å². The quantitative estimate of drug-likeness (QED) is 0.516. The number of amides is 1. The lowest BCUT2D eigenvalue weighted by atomic mass is 9.93. The standard InChI is InChI=1S/C17H18N4O4S2/c1-3-25-17(24)21(26)16-20-11-6-5-10(14(23)15(11)27-16)13(22)9-4-7-12(18-2)19-8-9/h4,7-8,23,26H,3,5-6H2,1-2H3,(H,18,19). The minimum absolute atomic E-state index is 0.117. The lowest BCUT2D eigenvalue weighted by Gasteiger charge is -2.14. The number of pyridine rings is 1. The summed E-state index contributed by atoms with van der Waals surface area (Å²) in [6.07, 6.45) is 1.64. The largest absolute Gasteiger partial charge is 0.506 e. The van der Waals surface area contributed by atoms with E-state index in [1.807, 2.05) is 0 Å². The van der Waals surface area contributed by atoms with E-state index in [-0.39, 0.29) is 23.3 Å². The second-order valence-electron chi connectivity index (χ2n) is 5.62. The minimum atomic E-state index is -0.651. The summed E-state index contributed by atoms with van der Waals surface area (Å²) >= 11 is 5.18. The number of thiazole rings is 1. The van der Waals surface area contributed by atoms with Gasteiger partial charge in [-0.15, -0.1) is 0 Å². The molecule has 2 aromatic heterocycles. The van der Waals surface area contributed by atoms with Gasteiger partial charge >= 0.3 is 6.09 Å². The first-order valence-corrected chi connectivity index (χ1v) is 9.44. The second-order valence-corrected chi connectivity index (χ2v) is 7.00. The molecule has 3 rings (SSSR count). The number of allylic oxidation sites excluding steroid dienone is 1. The zero-order valence-electron chi connectivity index (χ0n) is 14.7. The zero-order valence-corrected chi connectivity index (χ0v) is 16.4. The number of carbonyl (C=O) groups is 2. The minimum Gasteiger partial charge on any atom is -0.506 e. The Hall–Kier alpha value is -2.59. The number of thiol groups is 1. The number of nitrogens with zero attached hydrogens (tertiary/aromatic N) is 3. The van der Waals surface area contributed by atoms with Gasteiger partial charge in [0.15, 0.2) is 5.78 Å². The van der Waals surface area contributed by atoms with Gasteiger partial charge in [-0.1, -0.05) is 24.2 Å². The number of nitrogens with one attached hydrogen (secondary N) is 1. The van der Waals surface area contributed by atoms with Gasteiger partial charge in [-0.2, -0.15) is 4.31 Å². The fourth-order valence-corrected chi connectivity index (χ4v) is 3.83. The molecule has 0 spiro atoms. The van der Waals surface area contributed by atoms with Crippen molar-refractivity contribution < 1.29 is 19.4 Å². The van der Waals surface area contributed by atoms with Gasteiger partial charge in [-0.05, 0) is 31.9 Å². The van der Waals surface area contributed by atoms with Crippen molar-refractivity contribution in [3.05, 3.63) is 40.0 Å². The average molecular weight is 406 g/mol. The fourth-order valence-electron chi connectivity index (χ4n) is 2.62. The maximum absolute atomic E-state index is 12.8. The number of aryl methyl sites for hydroxylation is 1. The van der Waals surface area contributed by atoms with Crippen LogP contribution in [0.3, 0.4) is 0 Å². The van der Waals surface area contributed by atoms with Crippen LogP contribution in [0.1, 0.15) is 34.3 Å². The number of ketones is 1. The Morgan fingerprint density at radius 3 is 2.81 bits per heavy atom. The molecule has 0 unspecified atom stereocenters. The Balaban J connectivity index is 1.89. The molecule has 0 fully saturated rings. The van der Waals surface area contributed by atoms with E-state index in [2.05, 4.69) is 28.1 Å². The van der Waals surface area contributed by atoms with Crippen molar-refractivity contribution in [2.45, 2.75) is 19.8 Å². The summed E-state index contributed by atoms with van der Waals surface area (Å²) in [5.74, 6) is 0.250. The van der Waals surface area contributed by atoms with Crippen molar-refractivity contribution in [2.24, 2.45) is 0 Å². The van der Waals surface area contributed by atoms with Crippen LogP contribution in [0, 0.1) is 0 Å². The van der Waals surface area contributed by atoms with E-state index in [0.29, 0.717) is 40.4 Å². The molecule has 0 saturated carbocycles. The molecule has 1 aliphatic rings. The predicted octanol–water partition coefficient (Wildman–Crippen LogP) is 3.49. The van der Waals surface area contributed by atoms with Crippen molar-refractivity contribution in [1.82, 2.24) is 9.97 Å². The van der Waals surface area contributed by atoms with Crippen molar-refractivity contribution >= 4 is 52.7 Å². The molecule has 0 aromatic carbocycles. The Morgan fingerprint density at radius 1 is 1.41 bits per heavy atom. The van der Waals surface area contributed by atoms with Gasteiger partial charge < -0.3 is 15.2 Å². The molecule has 1 aliphatic carbocycles. The highest BCUT2D eigenvalue weighted by molar-refractivity contribution is 7.83. The van der Waals surface area contributed by atoms with Crippen molar-refractivity contribution in [3.8, 4) is 0 Å². The van der Waals surface area contributed by atoms with Crippen LogP contribution < -0.4 is 9.62 Å². The Kier molecular flexibility index (Phi) is 5.66. The molecule has 0 saturated heterocycles. The van der Waals surface area contributed by atoms with Crippen LogP contribution in [0.4, 0.5) is 15.7 Å². The van der Waals surface area contributed by atoms with Gasteiger partial charge in [0.1, 0.15) is 11.6 Å². The van der Waals surface area contributed by atoms with Crippen LogP contribution in [0.25, 0.3) is 5.76 Å². The highest BCUT2D eigenvalue weighted by atomic mass is 32.1. The first-order chi connectivity index (χ1) is 13.0. The number of ether oxygens (including phenoxy) is 1. The predicted molar refractivity (Wildman–Crippen MR) is 107 cm³/mol. The topological polar surface area (TPSA) is 105 Å². The summed E-state index contributed by atoms with van der Waals surface area (Å²) < 4.78 is 5.88. The summed E-state index contributed by atoms with van der Waals surface area (Å²) in [5.41, 5.74) is 1.32. The number of rotatable bonds is 5. The van der Waals surface area contributed by atoms with Crippen molar-refractivity contribution in [2.75, 3.05) is 23.3 Å². The molecular weight excluding hydrogens is 388 g/mol. The lowest BCUT2D eigenvalue weighted by molar-refractivity contribution is 0.102. The van der Waals surface area contributed by atoms with E-state index in [0.717, 1.165) is 15.6 Å². The third kappa shape index (κ3) is 3.76. The van der Waals surface area contributed by atoms with Crippen LogP contribution in [-0.2, 0) is 11.2 Å². The van der Waals surface area contributed by atoms with Crippen molar-refractivity contribution in [1.29, 1.82) is 0 Å². The molecule has 1 amide bonds. The molecule has 2 heterocycles. The molecule has 27 heavy (non-hydrogen) atoms. The summed E-state index contributed by atoms with van der Waals surface area (Å²) in [5, 5.41) is 13.8. The van der Waals surface area contributed by atoms with Gasteiger partial charge in [-0.3, -0.25) is 4.79 Å². The van der Waals surface area contributed by atoms with Crippen LogP contribution in [0.2, 0.25) is 0 Å². The molecule has 10 heteroatoms. The SMILES string of the molecule is CCOC(=O)N(S)c1nc2c(s1)C(O)=C(C(=O)c1ccc(NC)nc1)CC2. The third-order valence-corrected chi connectivity index (χ3v) is 5.55. The highest BCUT2D eigenvalue weighted by Crippen LogP contribution is 2.38. The molecule has 8 nitrogen and oxygen atoms in total. The van der Waals surface area contributed by atoms with Crippen molar-refractivity contribution in [3.63, 3.8) is 0 Å². The van der Waals surface area contributed by atoms with E-state index < -0.39 is 6.09 Å². The number of hydrogen-bond donors (Lipinski definition) is 3. The third-order valence-electron chi connectivity index (χ3n) is 3.98. The van der Waals surface area contributed by atoms with Gasteiger partial charge in [0.2, 0.25) is 5.13 Å². The molecule has 142 valence electrons. The molecule has 0 atom stereocenters. The number of anilines is 2. The Labute approximate surface area is 165 Å². The van der Waals surface area contributed by atoms with Crippen LogP contribution in [-0.4, -0.2) is 40.6 Å². The molecule has 2 aromatic rings. The van der Waals surface area contributed by atoms with E-state index in [1.165, 1.54) is 6.20 Å². The number of Topliss-reactive ketones (excluding diaryl/α,β-unsaturated/α-hetero) is 1. The monoisotopic (exact) mass is 406 g/mol.